The molecule has 26 heavy (non-hydrogen) atoms. The zero-order valence-corrected chi connectivity index (χ0v) is 16.6. The Morgan fingerprint density at radius 1 is 1.35 bits per heavy atom. The van der Waals surface area contributed by atoms with E-state index in [0.717, 1.165) is 32.5 Å². The predicted octanol–water partition coefficient (Wildman–Crippen LogP) is 4.46. The van der Waals surface area contributed by atoms with Gasteiger partial charge in [-0.25, -0.2) is 4.79 Å². The number of carbonyl (C=O) groups excluding carboxylic acids is 1. The van der Waals surface area contributed by atoms with Crippen molar-refractivity contribution in [2.45, 2.75) is 64.8 Å². The number of amides is 1. The van der Waals surface area contributed by atoms with Gasteiger partial charge >= 0.3 is 6.09 Å². The van der Waals surface area contributed by atoms with Crippen molar-refractivity contribution in [2.75, 3.05) is 13.1 Å². The summed E-state index contributed by atoms with van der Waals surface area (Å²) in [6.45, 7) is 14.7. The summed E-state index contributed by atoms with van der Waals surface area (Å²) in [6, 6.07) is 11.1. The zero-order chi connectivity index (χ0) is 18.9. The van der Waals surface area contributed by atoms with Crippen LogP contribution in [0.5, 0.6) is 0 Å². The normalized spacial score (nSPS) is 28.8. The van der Waals surface area contributed by atoms with Gasteiger partial charge in [-0.1, -0.05) is 36.4 Å². The van der Waals surface area contributed by atoms with Crippen LogP contribution in [0.3, 0.4) is 0 Å². The number of hydrogen-bond acceptors (Lipinski definition) is 3. The number of benzene rings is 1. The van der Waals surface area contributed by atoms with E-state index in [0.29, 0.717) is 6.04 Å². The Morgan fingerprint density at radius 2 is 2.04 bits per heavy atom. The van der Waals surface area contributed by atoms with E-state index < -0.39 is 5.60 Å². The fourth-order valence-corrected chi connectivity index (χ4v) is 4.71. The van der Waals surface area contributed by atoms with E-state index in [2.05, 4.69) is 48.7 Å². The number of carbonyl (C=O) groups is 1. The SMILES string of the molecule is C=CCC12CCN(Cc3ccccc3)C1CN(C(=O)OC(C)(C)C)[C@@H]2C. The molecule has 0 aromatic heterocycles. The van der Waals surface area contributed by atoms with Gasteiger partial charge in [-0.05, 0) is 52.6 Å². The Bertz CT molecular complexity index is 652. The van der Waals surface area contributed by atoms with E-state index >= 15 is 0 Å². The van der Waals surface area contributed by atoms with Gasteiger partial charge in [-0.3, -0.25) is 4.90 Å². The molecule has 1 aromatic rings. The van der Waals surface area contributed by atoms with Gasteiger partial charge in [0.1, 0.15) is 5.60 Å². The Hall–Kier alpha value is -1.81. The third kappa shape index (κ3) is 3.52. The van der Waals surface area contributed by atoms with Crippen LogP contribution in [-0.2, 0) is 11.3 Å². The summed E-state index contributed by atoms with van der Waals surface area (Å²) in [5.41, 5.74) is 0.933. The smallest absolute Gasteiger partial charge is 0.410 e. The van der Waals surface area contributed by atoms with Gasteiger partial charge in [-0.15, -0.1) is 6.58 Å². The second kappa shape index (κ2) is 7.07. The van der Waals surface area contributed by atoms with Crippen molar-refractivity contribution in [1.29, 1.82) is 0 Å². The second-order valence-electron chi connectivity index (χ2n) is 8.76. The van der Waals surface area contributed by atoms with Crippen molar-refractivity contribution in [3.8, 4) is 0 Å². The second-order valence-corrected chi connectivity index (χ2v) is 8.76. The summed E-state index contributed by atoms with van der Waals surface area (Å²) in [5.74, 6) is 0. The van der Waals surface area contributed by atoms with Crippen LogP contribution in [0.1, 0.15) is 46.1 Å². The number of rotatable bonds is 4. The lowest BCUT2D eigenvalue weighted by atomic mass is 9.74. The number of nitrogens with zero attached hydrogens (tertiary/aromatic N) is 2. The fraction of sp³-hybridized carbons (Fsp3) is 0.591. The third-order valence-electron chi connectivity index (χ3n) is 6.02. The lowest BCUT2D eigenvalue weighted by molar-refractivity contribution is 0.0178. The summed E-state index contributed by atoms with van der Waals surface area (Å²) in [7, 11) is 0. The molecule has 0 saturated carbocycles. The minimum atomic E-state index is -0.468. The number of allylic oxidation sites excluding steroid dienone is 1. The molecule has 0 bridgehead atoms. The Balaban J connectivity index is 1.81. The molecule has 3 atom stereocenters. The summed E-state index contributed by atoms with van der Waals surface area (Å²) in [6.07, 6.45) is 3.86. The topological polar surface area (TPSA) is 32.8 Å². The monoisotopic (exact) mass is 356 g/mol. The minimum absolute atomic E-state index is 0.0768. The average Bonchev–Trinajstić information content (AvgIpc) is 3.04. The van der Waals surface area contributed by atoms with Crippen LogP contribution < -0.4 is 0 Å². The molecule has 0 N–H and O–H groups in total. The molecule has 2 aliphatic heterocycles. The first-order valence-corrected chi connectivity index (χ1v) is 9.65. The number of hydrogen-bond donors (Lipinski definition) is 0. The van der Waals surface area contributed by atoms with Crippen LogP contribution >= 0.6 is 0 Å². The van der Waals surface area contributed by atoms with Crippen molar-refractivity contribution in [2.24, 2.45) is 5.41 Å². The first-order valence-electron chi connectivity index (χ1n) is 9.65. The summed E-state index contributed by atoms with van der Waals surface area (Å²) < 4.78 is 5.68. The molecule has 2 heterocycles. The molecule has 4 heteroatoms. The number of likely N-dealkylation sites (tertiary alicyclic amines) is 2. The summed E-state index contributed by atoms with van der Waals surface area (Å²) in [5, 5.41) is 0. The molecule has 2 aliphatic rings. The van der Waals surface area contributed by atoms with Crippen molar-refractivity contribution in [1.82, 2.24) is 9.80 Å². The largest absolute Gasteiger partial charge is 0.444 e. The quantitative estimate of drug-likeness (QED) is 0.747. The van der Waals surface area contributed by atoms with Gasteiger partial charge in [0.25, 0.3) is 0 Å². The summed E-state index contributed by atoms with van der Waals surface area (Å²) in [4.78, 5) is 17.3. The van der Waals surface area contributed by atoms with E-state index in [1.807, 2.05) is 31.7 Å². The van der Waals surface area contributed by atoms with Crippen LogP contribution in [0.2, 0.25) is 0 Å². The van der Waals surface area contributed by atoms with Crippen LogP contribution in [0.25, 0.3) is 0 Å². The lowest BCUT2D eigenvalue weighted by Crippen LogP contribution is -2.43. The van der Waals surface area contributed by atoms with Gasteiger partial charge in [0.15, 0.2) is 0 Å². The summed E-state index contributed by atoms with van der Waals surface area (Å²) >= 11 is 0. The van der Waals surface area contributed by atoms with Crippen LogP contribution in [0.4, 0.5) is 4.79 Å². The molecule has 4 nitrogen and oxygen atoms in total. The number of fused-ring (bicyclic) bond motifs is 1. The van der Waals surface area contributed by atoms with E-state index in [1.54, 1.807) is 0 Å². The zero-order valence-electron chi connectivity index (χ0n) is 16.6. The van der Waals surface area contributed by atoms with Gasteiger partial charge in [0.05, 0.1) is 0 Å². The highest BCUT2D eigenvalue weighted by atomic mass is 16.6. The van der Waals surface area contributed by atoms with Gasteiger partial charge in [0.2, 0.25) is 0 Å². The standard InChI is InChI=1S/C22H32N2O2/c1-6-12-22-13-14-23(15-18-10-8-7-9-11-18)19(22)16-24(17(22)2)20(25)26-21(3,4)5/h6-11,17,19H,1,12-16H2,2-5H3/t17-,19?,22?/m1/s1. The van der Waals surface area contributed by atoms with E-state index in [9.17, 15) is 4.79 Å². The lowest BCUT2D eigenvalue weighted by Gasteiger charge is -2.35. The van der Waals surface area contributed by atoms with E-state index in [-0.39, 0.29) is 17.6 Å². The Morgan fingerprint density at radius 3 is 2.65 bits per heavy atom. The molecule has 2 unspecified atom stereocenters. The molecule has 0 aliphatic carbocycles. The molecule has 1 aromatic carbocycles. The molecular formula is C22H32N2O2. The molecule has 3 rings (SSSR count). The maximum absolute atomic E-state index is 12.8. The molecule has 142 valence electrons. The van der Waals surface area contributed by atoms with Gasteiger partial charge < -0.3 is 9.64 Å². The first kappa shape index (κ1) is 19.0. The van der Waals surface area contributed by atoms with Crippen LogP contribution in [0.15, 0.2) is 43.0 Å². The molecule has 1 amide bonds. The molecule has 2 saturated heterocycles. The van der Waals surface area contributed by atoms with Crippen molar-refractivity contribution in [3.63, 3.8) is 0 Å². The number of ether oxygens (including phenoxy) is 1. The highest BCUT2D eigenvalue weighted by Crippen LogP contribution is 2.50. The average molecular weight is 357 g/mol. The molecule has 0 spiro atoms. The molecular weight excluding hydrogens is 324 g/mol. The van der Waals surface area contributed by atoms with Crippen LogP contribution in [-0.4, -0.2) is 46.7 Å². The minimum Gasteiger partial charge on any atom is -0.444 e. The maximum Gasteiger partial charge on any atom is 0.410 e. The van der Waals surface area contributed by atoms with E-state index in [4.69, 9.17) is 4.74 Å². The van der Waals surface area contributed by atoms with Gasteiger partial charge in [0, 0.05) is 30.6 Å². The molecule has 2 fully saturated rings. The van der Waals surface area contributed by atoms with Gasteiger partial charge in [-0.2, -0.15) is 0 Å². The molecule has 0 radical (unpaired) electrons. The first-order chi connectivity index (χ1) is 12.3. The highest BCUT2D eigenvalue weighted by molar-refractivity contribution is 5.69. The Labute approximate surface area is 157 Å². The highest BCUT2D eigenvalue weighted by Gasteiger charge is 2.58. The van der Waals surface area contributed by atoms with Crippen LogP contribution in [0, 0.1) is 5.41 Å². The van der Waals surface area contributed by atoms with Crippen molar-refractivity contribution < 1.29 is 9.53 Å². The van der Waals surface area contributed by atoms with Crippen molar-refractivity contribution >= 4 is 6.09 Å². The van der Waals surface area contributed by atoms with Crippen molar-refractivity contribution in [3.05, 3.63) is 48.6 Å². The maximum atomic E-state index is 12.8. The third-order valence-corrected chi connectivity index (χ3v) is 6.02. The Kier molecular flexibility index (Phi) is 5.16. The fourth-order valence-electron chi connectivity index (χ4n) is 4.71. The van der Waals surface area contributed by atoms with E-state index in [1.165, 1.54) is 5.56 Å². The predicted molar refractivity (Wildman–Crippen MR) is 105 cm³/mol.